The maximum absolute atomic E-state index is 13.2. The highest BCUT2D eigenvalue weighted by molar-refractivity contribution is 5.83. The first-order valence-corrected chi connectivity index (χ1v) is 9.75. The Hall–Kier alpha value is -1.84. The normalized spacial score (nSPS) is 24.3. The molecule has 0 unspecified atom stereocenters. The molecule has 3 rings (SSSR count). The topological polar surface area (TPSA) is 49.4 Å². The second kappa shape index (κ2) is 8.03. The van der Waals surface area contributed by atoms with E-state index in [2.05, 4.69) is 36.5 Å². The van der Waals surface area contributed by atoms with E-state index in [0.29, 0.717) is 13.1 Å². The molecule has 0 aromatic heterocycles. The van der Waals surface area contributed by atoms with Gasteiger partial charge in [0, 0.05) is 19.0 Å². The molecule has 0 spiro atoms. The van der Waals surface area contributed by atoms with Crippen LogP contribution in [0.15, 0.2) is 24.3 Å². The molecule has 2 aliphatic rings. The number of nitrogens with zero attached hydrogens (tertiary/aromatic N) is 1. The maximum atomic E-state index is 13.2. The first kappa shape index (κ1) is 18.0. The number of amides is 2. The van der Waals surface area contributed by atoms with Crippen molar-refractivity contribution in [1.29, 1.82) is 0 Å². The molecule has 136 valence electrons. The highest BCUT2D eigenvalue weighted by Gasteiger charge is 2.38. The van der Waals surface area contributed by atoms with Gasteiger partial charge in [-0.15, -0.1) is 0 Å². The predicted octanol–water partition coefficient (Wildman–Crippen LogP) is 3.60. The Labute approximate surface area is 151 Å². The van der Waals surface area contributed by atoms with E-state index < -0.39 is 0 Å². The monoisotopic (exact) mass is 342 g/mol. The van der Waals surface area contributed by atoms with E-state index in [1.165, 1.54) is 11.1 Å². The minimum Gasteiger partial charge on any atom is -0.356 e. The van der Waals surface area contributed by atoms with E-state index in [0.717, 1.165) is 38.5 Å². The van der Waals surface area contributed by atoms with Crippen LogP contribution in [0.4, 0.5) is 0 Å². The summed E-state index contributed by atoms with van der Waals surface area (Å²) in [5.41, 5.74) is 2.43. The summed E-state index contributed by atoms with van der Waals surface area (Å²) < 4.78 is 0. The lowest BCUT2D eigenvalue weighted by Crippen LogP contribution is -2.48. The molecule has 4 nitrogen and oxygen atoms in total. The van der Waals surface area contributed by atoms with Gasteiger partial charge in [0.05, 0.1) is 12.0 Å². The number of carbonyl (C=O) groups is 2. The molecule has 1 saturated carbocycles. The third-order valence-electron chi connectivity index (χ3n) is 5.72. The Balaban J connectivity index is 1.83. The Morgan fingerprint density at radius 3 is 2.56 bits per heavy atom. The third-order valence-corrected chi connectivity index (χ3v) is 5.72. The zero-order valence-electron chi connectivity index (χ0n) is 15.5. The van der Waals surface area contributed by atoms with E-state index in [1.54, 1.807) is 0 Å². The van der Waals surface area contributed by atoms with Crippen LogP contribution in [0.3, 0.4) is 0 Å². The zero-order valence-corrected chi connectivity index (χ0v) is 15.5. The Bertz CT molecular complexity index is 622. The van der Waals surface area contributed by atoms with Crippen LogP contribution < -0.4 is 5.32 Å². The van der Waals surface area contributed by atoms with Crippen molar-refractivity contribution < 1.29 is 9.59 Å². The molecule has 2 atom stereocenters. The second-order valence-electron chi connectivity index (χ2n) is 7.57. The van der Waals surface area contributed by atoms with Gasteiger partial charge in [0.25, 0.3) is 0 Å². The minimum absolute atomic E-state index is 0.0774. The number of nitrogens with one attached hydrogen (secondary N) is 1. The molecule has 0 radical (unpaired) electrons. The standard InChI is InChI=1S/C21H30N2O2/c1-3-22-20(24)18-11-12-19(17-10-6-7-15(2)13-17)23(14-18)21(25)16-8-4-5-9-16/h6-7,10,13,16,18-19H,3-5,8-9,11-12,14H2,1-2H3,(H,22,24)/t18-,19-/m1/s1. The molecule has 0 bridgehead atoms. The molecule has 1 N–H and O–H groups in total. The van der Waals surface area contributed by atoms with E-state index in [1.807, 2.05) is 11.8 Å². The molecule has 1 aromatic carbocycles. The number of piperidine rings is 1. The SMILES string of the molecule is CCNC(=O)[C@@H]1CC[C@H](c2cccc(C)c2)N(C(=O)C2CCCC2)C1. The van der Waals surface area contributed by atoms with Crippen molar-refractivity contribution in [3.8, 4) is 0 Å². The summed E-state index contributed by atoms with van der Waals surface area (Å²) >= 11 is 0. The van der Waals surface area contributed by atoms with Crippen molar-refractivity contribution >= 4 is 11.8 Å². The summed E-state index contributed by atoms with van der Waals surface area (Å²) in [5, 5.41) is 2.93. The van der Waals surface area contributed by atoms with Gasteiger partial charge in [-0.25, -0.2) is 0 Å². The van der Waals surface area contributed by atoms with Crippen LogP contribution >= 0.6 is 0 Å². The predicted molar refractivity (Wildman–Crippen MR) is 99.0 cm³/mol. The Morgan fingerprint density at radius 2 is 1.88 bits per heavy atom. The number of hydrogen-bond donors (Lipinski definition) is 1. The smallest absolute Gasteiger partial charge is 0.226 e. The van der Waals surface area contributed by atoms with Crippen molar-refractivity contribution in [2.45, 2.75) is 58.4 Å². The molecule has 1 heterocycles. The molecular weight excluding hydrogens is 312 g/mol. The quantitative estimate of drug-likeness (QED) is 0.909. The van der Waals surface area contributed by atoms with Crippen molar-refractivity contribution in [3.05, 3.63) is 35.4 Å². The van der Waals surface area contributed by atoms with Gasteiger partial charge >= 0.3 is 0 Å². The number of aryl methyl sites for hydroxylation is 1. The molecule has 25 heavy (non-hydrogen) atoms. The molecule has 1 saturated heterocycles. The van der Waals surface area contributed by atoms with Gasteiger partial charge in [-0.3, -0.25) is 9.59 Å². The van der Waals surface area contributed by atoms with Crippen molar-refractivity contribution in [1.82, 2.24) is 10.2 Å². The number of likely N-dealkylation sites (tertiary alicyclic amines) is 1. The Kier molecular flexibility index (Phi) is 5.77. The van der Waals surface area contributed by atoms with Crippen LogP contribution in [0.5, 0.6) is 0 Å². The molecule has 4 heteroatoms. The summed E-state index contributed by atoms with van der Waals surface area (Å²) in [6.45, 7) is 5.23. The molecule has 1 aliphatic heterocycles. The number of carbonyl (C=O) groups excluding carboxylic acids is 2. The van der Waals surface area contributed by atoms with E-state index in [4.69, 9.17) is 0 Å². The molecule has 1 aromatic rings. The first-order chi connectivity index (χ1) is 12.1. The van der Waals surface area contributed by atoms with Gasteiger partial charge in [0.15, 0.2) is 0 Å². The highest BCUT2D eigenvalue weighted by atomic mass is 16.2. The molecular formula is C21H30N2O2. The number of benzene rings is 1. The van der Waals surface area contributed by atoms with Crippen LogP contribution in [0.25, 0.3) is 0 Å². The van der Waals surface area contributed by atoms with Crippen molar-refractivity contribution in [3.63, 3.8) is 0 Å². The van der Waals surface area contributed by atoms with E-state index >= 15 is 0 Å². The fourth-order valence-electron chi connectivity index (χ4n) is 4.38. The minimum atomic E-state index is -0.0774. The fraction of sp³-hybridized carbons (Fsp3) is 0.619. The zero-order chi connectivity index (χ0) is 17.8. The van der Waals surface area contributed by atoms with Crippen molar-refractivity contribution in [2.75, 3.05) is 13.1 Å². The fourth-order valence-corrected chi connectivity index (χ4v) is 4.38. The van der Waals surface area contributed by atoms with Gasteiger partial charge in [-0.2, -0.15) is 0 Å². The second-order valence-corrected chi connectivity index (χ2v) is 7.57. The van der Waals surface area contributed by atoms with Gasteiger partial charge in [-0.05, 0) is 45.1 Å². The largest absolute Gasteiger partial charge is 0.356 e. The highest BCUT2D eigenvalue weighted by Crippen LogP contribution is 2.37. The Morgan fingerprint density at radius 1 is 1.12 bits per heavy atom. The number of hydrogen-bond acceptors (Lipinski definition) is 2. The lowest BCUT2D eigenvalue weighted by molar-refractivity contribution is -0.142. The van der Waals surface area contributed by atoms with Gasteiger partial charge in [0.2, 0.25) is 11.8 Å². The summed E-state index contributed by atoms with van der Waals surface area (Å²) in [7, 11) is 0. The van der Waals surface area contributed by atoms with Gasteiger partial charge in [0.1, 0.15) is 0 Å². The summed E-state index contributed by atoms with van der Waals surface area (Å²) in [6.07, 6.45) is 6.02. The van der Waals surface area contributed by atoms with Crippen LogP contribution in [0.1, 0.15) is 62.6 Å². The van der Waals surface area contributed by atoms with Gasteiger partial charge < -0.3 is 10.2 Å². The summed E-state index contributed by atoms with van der Waals surface area (Å²) in [4.78, 5) is 27.5. The van der Waals surface area contributed by atoms with Crippen LogP contribution in [0.2, 0.25) is 0 Å². The van der Waals surface area contributed by atoms with Crippen molar-refractivity contribution in [2.24, 2.45) is 11.8 Å². The average Bonchev–Trinajstić information content (AvgIpc) is 3.15. The summed E-state index contributed by atoms with van der Waals surface area (Å²) in [6, 6.07) is 8.58. The first-order valence-electron chi connectivity index (χ1n) is 9.75. The van der Waals surface area contributed by atoms with Crippen LogP contribution in [0, 0.1) is 18.8 Å². The molecule has 2 amide bonds. The third kappa shape index (κ3) is 4.05. The molecule has 2 fully saturated rings. The summed E-state index contributed by atoms with van der Waals surface area (Å²) in [5.74, 6) is 0.430. The van der Waals surface area contributed by atoms with E-state index in [-0.39, 0.29) is 29.7 Å². The molecule has 1 aliphatic carbocycles. The van der Waals surface area contributed by atoms with Crippen LogP contribution in [-0.4, -0.2) is 29.8 Å². The van der Waals surface area contributed by atoms with Gasteiger partial charge in [-0.1, -0.05) is 42.7 Å². The lowest BCUT2D eigenvalue weighted by Gasteiger charge is -2.41. The average molecular weight is 342 g/mol. The maximum Gasteiger partial charge on any atom is 0.226 e. The van der Waals surface area contributed by atoms with Crippen LogP contribution in [-0.2, 0) is 9.59 Å². The lowest BCUT2D eigenvalue weighted by atomic mass is 9.86. The number of rotatable bonds is 4. The van der Waals surface area contributed by atoms with E-state index in [9.17, 15) is 9.59 Å².